The zero-order chi connectivity index (χ0) is 13.8. The van der Waals surface area contributed by atoms with E-state index >= 15 is 0 Å². The Morgan fingerprint density at radius 2 is 1.74 bits per heavy atom. The summed E-state index contributed by atoms with van der Waals surface area (Å²) >= 11 is 0. The fourth-order valence-electron chi connectivity index (χ4n) is 1.88. The molecule has 3 nitrogen and oxygen atoms in total. The second-order valence-electron chi connectivity index (χ2n) is 4.66. The van der Waals surface area contributed by atoms with E-state index in [9.17, 15) is 9.90 Å². The van der Waals surface area contributed by atoms with E-state index in [0.717, 1.165) is 16.7 Å². The van der Waals surface area contributed by atoms with Gasteiger partial charge in [0.25, 0.3) is 0 Å². The molecule has 2 rings (SSSR count). The third-order valence-corrected chi connectivity index (χ3v) is 3.09. The van der Waals surface area contributed by atoms with Crippen molar-refractivity contribution in [3.8, 4) is 5.75 Å². The lowest BCUT2D eigenvalue weighted by Crippen LogP contribution is -2.14. The number of nitrogens with one attached hydrogen (secondary N) is 1. The minimum absolute atomic E-state index is 0.101. The second kappa shape index (κ2) is 5.57. The third-order valence-electron chi connectivity index (χ3n) is 3.09. The molecule has 2 aromatic carbocycles. The van der Waals surface area contributed by atoms with Gasteiger partial charge in [0.05, 0.1) is 12.1 Å². The summed E-state index contributed by atoms with van der Waals surface area (Å²) in [4.78, 5) is 11.9. The van der Waals surface area contributed by atoms with Gasteiger partial charge in [-0.15, -0.1) is 0 Å². The predicted octanol–water partition coefficient (Wildman–Crippen LogP) is 3.19. The summed E-state index contributed by atoms with van der Waals surface area (Å²) < 4.78 is 0. The lowest BCUT2D eigenvalue weighted by molar-refractivity contribution is -0.115. The molecule has 0 aliphatic heterocycles. The van der Waals surface area contributed by atoms with E-state index in [2.05, 4.69) is 5.32 Å². The monoisotopic (exact) mass is 255 g/mol. The summed E-state index contributed by atoms with van der Waals surface area (Å²) in [7, 11) is 0. The van der Waals surface area contributed by atoms with Gasteiger partial charge in [0.1, 0.15) is 5.75 Å². The van der Waals surface area contributed by atoms with Crippen molar-refractivity contribution in [3.63, 3.8) is 0 Å². The molecule has 0 saturated carbocycles. The molecule has 2 aromatic rings. The van der Waals surface area contributed by atoms with Crippen LogP contribution in [0.3, 0.4) is 0 Å². The number of aryl methyl sites for hydroxylation is 2. The summed E-state index contributed by atoms with van der Waals surface area (Å²) in [5.74, 6) is -0.0331. The minimum Gasteiger partial charge on any atom is -0.506 e. The Balaban J connectivity index is 2.09. The first kappa shape index (κ1) is 13.1. The molecule has 19 heavy (non-hydrogen) atoms. The molecule has 0 unspecified atom stereocenters. The Labute approximate surface area is 112 Å². The molecule has 0 spiro atoms. The fourth-order valence-corrected chi connectivity index (χ4v) is 1.88. The van der Waals surface area contributed by atoms with Crippen LogP contribution in [0.2, 0.25) is 0 Å². The summed E-state index contributed by atoms with van der Waals surface area (Å²) in [6.07, 6.45) is 0.299. The highest BCUT2D eigenvalue weighted by atomic mass is 16.3. The van der Waals surface area contributed by atoms with Crippen LogP contribution in [0, 0.1) is 13.8 Å². The van der Waals surface area contributed by atoms with E-state index in [4.69, 9.17) is 0 Å². The lowest BCUT2D eigenvalue weighted by Gasteiger charge is -2.10. The first-order chi connectivity index (χ1) is 9.06. The standard InChI is InChI=1S/C16H17NO2/c1-11-8-14(15(18)9-12(11)2)17-16(19)10-13-6-4-3-5-7-13/h3-9,18H,10H2,1-2H3,(H,17,19). The van der Waals surface area contributed by atoms with Gasteiger partial charge in [0.2, 0.25) is 5.91 Å². The molecular weight excluding hydrogens is 238 g/mol. The minimum atomic E-state index is -0.134. The van der Waals surface area contributed by atoms with Crippen molar-refractivity contribution in [3.05, 3.63) is 59.2 Å². The van der Waals surface area contributed by atoms with Gasteiger partial charge in [0.15, 0.2) is 0 Å². The summed E-state index contributed by atoms with van der Waals surface area (Å²) in [6, 6.07) is 13.0. The predicted molar refractivity (Wildman–Crippen MR) is 76.4 cm³/mol. The fraction of sp³-hybridized carbons (Fsp3) is 0.188. The van der Waals surface area contributed by atoms with E-state index in [1.54, 1.807) is 12.1 Å². The number of hydrogen-bond donors (Lipinski definition) is 2. The number of rotatable bonds is 3. The number of anilines is 1. The van der Waals surface area contributed by atoms with Gasteiger partial charge < -0.3 is 10.4 Å². The van der Waals surface area contributed by atoms with Gasteiger partial charge in [-0.2, -0.15) is 0 Å². The molecule has 0 atom stereocenters. The molecule has 0 aromatic heterocycles. The number of phenolic OH excluding ortho intramolecular Hbond substituents is 1. The maximum absolute atomic E-state index is 11.9. The highest BCUT2D eigenvalue weighted by molar-refractivity contribution is 5.93. The molecule has 0 fully saturated rings. The van der Waals surface area contributed by atoms with Crippen LogP contribution in [0.25, 0.3) is 0 Å². The van der Waals surface area contributed by atoms with Gasteiger partial charge in [-0.25, -0.2) is 0 Å². The van der Waals surface area contributed by atoms with Gasteiger partial charge in [-0.3, -0.25) is 4.79 Å². The maximum atomic E-state index is 11.9. The van der Waals surface area contributed by atoms with Crippen molar-refractivity contribution in [2.45, 2.75) is 20.3 Å². The quantitative estimate of drug-likeness (QED) is 0.827. The molecule has 0 aliphatic rings. The molecule has 0 radical (unpaired) electrons. The maximum Gasteiger partial charge on any atom is 0.228 e. The number of phenols is 1. The van der Waals surface area contributed by atoms with E-state index in [1.807, 2.05) is 44.2 Å². The largest absolute Gasteiger partial charge is 0.506 e. The second-order valence-corrected chi connectivity index (χ2v) is 4.66. The Morgan fingerprint density at radius 3 is 2.42 bits per heavy atom. The molecular formula is C16H17NO2. The average molecular weight is 255 g/mol. The highest BCUT2D eigenvalue weighted by Gasteiger charge is 2.08. The van der Waals surface area contributed by atoms with Crippen LogP contribution in [0.5, 0.6) is 5.75 Å². The van der Waals surface area contributed by atoms with E-state index in [1.165, 1.54) is 0 Å². The van der Waals surface area contributed by atoms with Crippen molar-refractivity contribution in [2.24, 2.45) is 0 Å². The summed E-state index contributed by atoms with van der Waals surface area (Å²) in [5.41, 5.74) is 3.44. The Kier molecular flexibility index (Phi) is 3.85. The van der Waals surface area contributed by atoms with E-state index in [0.29, 0.717) is 12.1 Å². The summed E-state index contributed by atoms with van der Waals surface area (Å²) in [6.45, 7) is 3.87. The average Bonchev–Trinajstić information content (AvgIpc) is 2.37. The number of amides is 1. The third kappa shape index (κ3) is 3.35. The molecule has 2 N–H and O–H groups in total. The number of hydrogen-bond acceptors (Lipinski definition) is 2. The zero-order valence-corrected chi connectivity index (χ0v) is 11.1. The lowest BCUT2D eigenvalue weighted by atomic mass is 10.1. The van der Waals surface area contributed by atoms with E-state index < -0.39 is 0 Å². The number of aromatic hydroxyl groups is 1. The van der Waals surface area contributed by atoms with Crippen molar-refractivity contribution in [2.75, 3.05) is 5.32 Å². The van der Waals surface area contributed by atoms with Crippen LogP contribution in [-0.4, -0.2) is 11.0 Å². The van der Waals surface area contributed by atoms with Crippen LogP contribution in [-0.2, 0) is 11.2 Å². The van der Waals surface area contributed by atoms with Crippen molar-refractivity contribution < 1.29 is 9.90 Å². The topological polar surface area (TPSA) is 49.3 Å². The molecule has 0 heterocycles. The first-order valence-corrected chi connectivity index (χ1v) is 6.20. The van der Waals surface area contributed by atoms with Gasteiger partial charge in [0, 0.05) is 0 Å². The molecule has 0 bridgehead atoms. The van der Waals surface area contributed by atoms with Crippen LogP contribution in [0.4, 0.5) is 5.69 Å². The number of carbonyl (C=O) groups is 1. The van der Waals surface area contributed by atoms with Gasteiger partial charge >= 0.3 is 0 Å². The Hall–Kier alpha value is -2.29. The summed E-state index contributed by atoms with van der Waals surface area (Å²) in [5, 5.41) is 12.6. The molecule has 0 saturated heterocycles. The SMILES string of the molecule is Cc1cc(O)c(NC(=O)Cc2ccccc2)cc1C. The van der Waals surface area contributed by atoms with Crippen LogP contribution in [0.15, 0.2) is 42.5 Å². The van der Waals surface area contributed by atoms with Crippen molar-refractivity contribution in [1.82, 2.24) is 0 Å². The smallest absolute Gasteiger partial charge is 0.228 e. The molecule has 0 aliphatic carbocycles. The van der Waals surface area contributed by atoms with E-state index in [-0.39, 0.29) is 11.7 Å². The molecule has 1 amide bonds. The molecule has 3 heteroatoms. The Morgan fingerprint density at radius 1 is 1.11 bits per heavy atom. The highest BCUT2D eigenvalue weighted by Crippen LogP contribution is 2.26. The zero-order valence-electron chi connectivity index (χ0n) is 11.1. The number of benzene rings is 2. The van der Waals surface area contributed by atoms with Gasteiger partial charge in [-0.05, 0) is 42.7 Å². The van der Waals surface area contributed by atoms with Crippen molar-refractivity contribution in [1.29, 1.82) is 0 Å². The van der Waals surface area contributed by atoms with Crippen LogP contribution >= 0.6 is 0 Å². The van der Waals surface area contributed by atoms with Crippen molar-refractivity contribution >= 4 is 11.6 Å². The van der Waals surface area contributed by atoms with Crippen LogP contribution in [0.1, 0.15) is 16.7 Å². The molecule has 98 valence electrons. The number of carbonyl (C=O) groups excluding carboxylic acids is 1. The van der Waals surface area contributed by atoms with Crippen LogP contribution < -0.4 is 5.32 Å². The Bertz CT molecular complexity index is 591. The normalized spacial score (nSPS) is 10.2. The first-order valence-electron chi connectivity index (χ1n) is 6.20. The van der Waals surface area contributed by atoms with Gasteiger partial charge in [-0.1, -0.05) is 30.3 Å².